The molecular formula is C28H34N2O5. The minimum atomic E-state index is -1.22. The number of likely N-dealkylation sites (tertiary alicyclic amines) is 1. The van der Waals surface area contributed by atoms with Gasteiger partial charge in [0.2, 0.25) is 17.7 Å². The molecule has 2 aromatic rings. The van der Waals surface area contributed by atoms with Crippen molar-refractivity contribution in [3.05, 3.63) is 59.7 Å². The molecule has 2 aliphatic heterocycles. The molecule has 186 valence electrons. The zero-order valence-electron chi connectivity index (χ0n) is 21.0. The number of nitrogens with zero attached hydrogens (tertiary/aromatic N) is 2. The van der Waals surface area contributed by atoms with Crippen LogP contribution in [-0.4, -0.2) is 60.9 Å². The van der Waals surface area contributed by atoms with Crippen LogP contribution in [0.25, 0.3) is 0 Å². The third-order valence-corrected chi connectivity index (χ3v) is 7.05. The molecule has 0 spiro atoms. The molecular weight excluding hydrogens is 444 g/mol. The standard InChI is InChI=1S/C28H34N2O5/c1-19(2)13-14-30-26(32)17-28(27(30)33,21-9-11-22(34-4)12-10-21)16-25(31)29(3)18-23-15-20-7-5-6-8-24(20)35-23/h5-12,19,23H,13-18H2,1-4H3. The van der Waals surface area contributed by atoms with Crippen LogP contribution in [0.3, 0.4) is 0 Å². The lowest BCUT2D eigenvalue weighted by molar-refractivity contribution is -0.142. The number of imide groups is 1. The van der Waals surface area contributed by atoms with Crippen LogP contribution in [0.15, 0.2) is 48.5 Å². The third-order valence-electron chi connectivity index (χ3n) is 7.05. The molecule has 0 aliphatic carbocycles. The quantitative estimate of drug-likeness (QED) is 0.515. The molecule has 35 heavy (non-hydrogen) atoms. The molecule has 0 bridgehead atoms. The van der Waals surface area contributed by atoms with Crippen LogP contribution in [0.5, 0.6) is 11.5 Å². The molecule has 2 aromatic carbocycles. The highest BCUT2D eigenvalue weighted by Gasteiger charge is 2.53. The van der Waals surface area contributed by atoms with Crippen molar-refractivity contribution < 1.29 is 23.9 Å². The van der Waals surface area contributed by atoms with E-state index in [4.69, 9.17) is 9.47 Å². The SMILES string of the molecule is COc1ccc(C2(CC(=O)N(C)CC3Cc4ccccc4O3)CC(=O)N(CCC(C)C)C2=O)cc1. The van der Waals surface area contributed by atoms with E-state index in [1.165, 1.54) is 4.90 Å². The molecule has 1 fully saturated rings. The smallest absolute Gasteiger partial charge is 0.240 e. The van der Waals surface area contributed by atoms with Gasteiger partial charge in [0.25, 0.3) is 0 Å². The van der Waals surface area contributed by atoms with Gasteiger partial charge < -0.3 is 14.4 Å². The molecule has 2 aliphatic rings. The molecule has 3 amide bonds. The summed E-state index contributed by atoms with van der Waals surface area (Å²) < 4.78 is 11.3. The van der Waals surface area contributed by atoms with Crippen LogP contribution in [0, 0.1) is 5.92 Å². The Bertz CT molecular complexity index is 1070. The van der Waals surface area contributed by atoms with E-state index in [0.29, 0.717) is 30.3 Å². The molecule has 0 aromatic heterocycles. The number of hydrogen-bond donors (Lipinski definition) is 0. The first-order chi connectivity index (χ1) is 16.7. The summed E-state index contributed by atoms with van der Waals surface area (Å²) in [6.45, 7) is 4.89. The second-order valence-corrected chi connectivity index (χ2v) is 10.0. The zero-order valence-corrected chi connectivity index (χ0v) is 21.0. The number of hydrogen-bond acceptors (Lipinski definition) is 5. The number of ether oxygens (including phenoxy) is 2. The van der Waals surface area contributed by atoms with E-state index in [1.54, 1.807) is 43.3 Å². The van der Waals surface area contributed by atoms with Gasteiger partial charge >= 0.3 is 0 Å². The predicted molar refractivity (Wildman–Crippen MR) is 132 cm³/mol. The molecule has 4 rings (SSSR count). The van der Waals surface area contributed by atoms with Gasteiger partial charge in [-0.2, -0.15) is 0 Å². The highest BCUT2D eigenvalue weighted by Crippen LogP contribution is 2.41. The molecule has 0 N–H and O–H groups in total. The molecule has 0 saturated carbocycles. The topological polar surface area (TPSA) is 76.2 Å². The number of carbonyl (C=O) groups is 3. The summed E-state index contributed by atoms with van der Waals surface area (Å²) in [7, 11) is 3.30. The predicted octanol–water partition coefficient (Wildman–Crippen LogP) is 3.59. The maximum absolute atomic E-state index is 13.7. The van der Waals surface area contributed by atoms with Gasteiger partial charge in [-0.15, -0.1) is 0 Å². The lowest BCUT2D eigenvalue weighted by Crippen LogP contribution is -2.44. The van der Waals surface area contributed by atoms with Crippen molar-refractivity contribution in [2.24, 2.45) is 5.92 Å². The maximum Gasteiger partial charge on any atom is 0.240 e. The van der Waals surface area contributed by atoms with Crippen LogP contribution in [0.2, 0.25) is 0 Å². The molecule has 7 heteroatoms. The van der Waals surface area contributed by atoms with Gasteiger partial charge in [0.05, 0.1) is 19.1 Å². The van der Waals surface area contributed by atoms with Crippen LogP contribution < -0.4 is 9.47 Å². The molecule has 0 radical (unpaired) electrons. The van der Waals surface area contributed by atoms with Gasteiger partial charge in [-0.3, -0.25) is 19.3 Å². The third kappa shape index (κ3) is 5.04. The van der Waals surface area contributed by atoms with E-state index in [2.05, 4.69) is 13.8 Å². The Morgan fingerprint density at radius 2 is 1.89 bits per heavy atom. The summed E-state index contributed by atoms with van der Waals surface area (Å²) in [6.07, 6.45) is 1.24. The lowest BCUT2D eigenvalue weighted by Gasteiger charge is -2.30. The number of carbonyl (C=O) groups excluding carboxylic acids is 3. The van der Waals surface area contributed by atoms with E-state index in [1.807, 2.05) is 24.3 Å². The summed E-state index contributed by atoms with van der Waals surface area (Å²) in [5.74, 6) is 1.15. The second-order valence-electron chi connectivity index (χ2n) is 10.0. The van der Waals surface area contributed by atoms with Gasteiger partial charge in [-0.05, 0) is 41.7 Å². The van der Waals surface area contributed by atoms with Crippen molar-refractivity contribution in [2.45, 2.75) is 51.0 Å². The average Bonchev–Trinajstić information content (AvgIpc) is 3.35. The van der Waals surface area contributed by atoms with Crippen molar-refractivity contribution in [3.63, 3.8) is 0 Å². The van der Waals surface area contributed by atoms with Gasteiger partial charge in [0.1, 0.15) is 17.6 Å². The summed E-state index contributed by atoms with van der Waals surface area (Å²) in [5.41, 5.74) is 0.575. The normalized spacial score (nSPS) is 21.3. The zero-order chi connectivity index (χ0) is 25.2. The van der Waals surface area contributed by atoms with Crippen molar-refractivity contribution in [1.29, 1.82) is 0 Å². The van der Waals surface area contributed by atoms with Crippen molar-refractivity contribution in [2.75, 3.05) is 27.2 Å². The molecule has 2 heterocycles. The lowest BCUT2D eigenvalue weighted by atomic mass is 9.75. The minimum absolute atomic E-state index is 0.0127. The van der Waals surface area contributed by atoms with Crippen LogP contribution in [0.1, 0.15) is 44.2 Å². The Morgan fingerprint density at radius 3 is 2.54 bits per heavy atom. The van der Waals surface area contributed by atoms with Gasteiger partial charge in [0.15, 0.2) is 0 Å². The van der Waals surface area contributed by atoms with Gasteiger partial charge in [-0.1, -0.05) is 44.2 Å². The van der Waals surface area contributed by atoms with Crippen molar-refractivity contribution >= 4 is 17.7 Å². The fourth-order valence-electron chi connectivity index (χ4n) is 4.95. The number of likely N-dealkylation sites (N-methyl/N-ethyl adjacent to an activating group) is 1. The number of benzene rings is 2. The highest BCUT2D eigenvalue weighted by atomic mass is 16.5. The first kappa shape index (κ1) is 24.8. The average molecular weight is 479 g/mol. The largest absolute Gasteiger partial charge is 0.497 e. The number of fused-ring (bicyclic) bond motifs is 1. The second kappa shape index (κ2) is 10.1. The van der Waals surface area contributed by atoms with E-state index in [9.17, 15) is 14.4 Å². The summed E-state index contributed by atoms with van der Waals surface area (Å²) in [5, 5.41) is 0. The van der Waals surface area contributed by atoms with Crippen molar-refractivity contribution in [3.8, 4) is 11.5 Å². The summed E-state index contributed by atoms with van der Waals surface area (Å²) in [6, 6.07) is 15.0. The molecule has 7 nitrogen and oxygen atoms in total. The number of amides is 3. The van der Waals surface area contributed by atoms with Crippen molar-refractivity contribution in [1.82, 2.24) is 9.80 Å². The molecule has 1 saturated heterocycles. The summed E-state index contributed by atoms with van der Waals surface area (Å²) >= 11 is 0. The Labute approximate surface area is 207 Å². The number of rotatable bonds is 9. The van der Waals surface area contributed by atoms with Crippen LogP contribution in [-0.2, 0) is 26.2 Å². The number of para-hydroxylation sites is 1. The first-order valence-electron chi connectivity index (χ1n) is 12.2. The monoisotopic (exact) mass is 478 g/mol. The van der Waals surface area contributed by atoms with E-state index < -0.39 is 5.41 Å². The Kier molecular flexibility index (Phi) is 7.15. The van der Waals surface area contributed by atoms with Crippen LogP contribution in [0.4, 0.5) is 0 Å². The summed E-state index contributed by atoms with van der Waals surface area (Å²) in [4.78, 5) is 43.1. The molecule has 2 atom stereocenters. The minimum Gasteiger partial charge on any atom is -0.497 e. The maximum atomic E-state index is 13.7. The fraction of sp³-hybridized carbons (Fsp3) is 0.464. The Balaban J connectivity index is 1.54. The highest BCUT2D eigenvalue weighted by molar-refractivity contribution is 6.10. The Morgan fingerprint density at radius 1 is 1.17 bits per heavy atom. The Hall–Kier alpha value is -3.35. The fourth-order valence-corrected chi connectivity index (χ4v) is 4.95. The number of methoxy groups -OCH3 is 1. The first-order valence-corrected chi connectivity index (χ1v) is 12.2. The van der Waals surface area contributed by atoms with E-state index in [-0.39, 0.29) is 36.7 Å². The van der Waals surface area contributed by atoms with E-state index in [0.717, 1.165) is 24.2 Å². The van der Waals surface area contributed by atoms with Gasteiger partial charge in [0, 0.05) is 32.9 Å². The van der Waals surface area contributed by atoms with Crippen LogP contribution >= 0.6 is 0 Å². The van der Waals surface area contributed by atoms with Gasteiger partial charge in [-0.25, -0.2) is 0 Å². The molecule has 2 unspecified atom stereocenters. The van der Waals surface area contributed by atoms with E-state index >= 15 is 0 Å².